The summed E-state index contributed by atoms with van der Waals surface area (Å²) in [6.45, 7) is 5.61. The number of carbonyl (C=O) groups is 2. The number of amides is 2. The molecule has 0 spiro atoms. The molecule has 2 saturated heterocycles. The van der Waals surface area contributed by atoms with E-state index in [2.05, 4.69) is 28.5 Å². The highest BCUT2D eigenvalue weighted by Gasteiger charge is 2.47. The lowest BCUT2D eigenvalue weighted by atomic mass is 9.79. The maximum Gasteiger partial charge on any atom is 0.251 e. The number of nitrogens with zero attached hydrogens (tertiary/aromatic N) is 2. The molecule has 6 nitrogen and oxygen atoms in total. The van der Waals surface area contributed by atoms with Gasteiger partial charge in [0.05, 0.1) is 5.41 Å². The zero-order valence-corrected chi connectivity index (χ0v) is 18.3. The van der Waals surface area contributed by atoms with Crippen LogP contribution < -0.4 is 5.32 Å². The van der Waals surface area contributed by atoms with Crippen molar-refractivity contribution < 1.29 is 14.3 Å². The van der Waals surface area contributed by atoms with Gasteiger partial charge in [0.15, 0.2) is 0 Å². The number of nitrogens with one attached hydrogen (secondary N) is 1. The van der Waals surface area contributed by atoms with Crippen molar-refractivity contribution in [3.05, 3.63) is 54.4 Å². The number of pyridine rings is 1. The van der Waals surface area contributed by atoms with Gasteiger partial charge in [-0.3, -0.25) is 14.6 Å². The van der Waals surface area contributed by atoms with E-state index in [0.717, 1.165) is 29.5 Å². The highest BCUT2D eigenvalue weighted by molar-refractivity contribution is 5.87. The summed E-state index contributed by atoms with van der Waals surface area (Å²) in [5.74, 6) is 0.0571. The van der Waals surface area contributed by atoms with Crippen molar-refractivity contribution in [2.24, 2.45) is 5.41 Å². The first kappa shape index (κ1) is 21.5. The number of carbonyl (C=O) groups excluding carboxylic acids is 2. The van der Waals surface area contributed by atoms with E-state index in [-0.39, 0.29) is 24.0 Å². The van der Waals surface area contributed by atoms with Crippen molar-refractivity contribution >= 4 is 11.8 Å². The fraction of sp³-hybridized carbons (Fsp3) is 0.480. The molecular formula is C25H31N3O3. The molecule has 1 N–H and O–H groups in total. The number of likely N-dealkylation sites (tertiary alicyclic amines) is 1. The molecule has 6 heteroatoms. The summed E-state index contributed by atoms with van der Waals surface area (Å²) in [4.78, 5) is 32.2. The van der Waals surface area contributed by atoms with Crippen LogP contribution in [0, 0.1) is 5.41 Å². The highest BCUT2D eigenvalue weighted by Crippen LogP contribution is 2.36. The minimum atomic E-state index is -0.630. The number of benzene rings is 1. The largest absolute Gasteiger partial charge is 0.368 e. The minimum Gasteiger partial charge on any atom is -0.368 e. The monoisotopic (exact) mass is 421 g/mol. The van der Waals surface area contributed by atoms with Gasteiger partial charge in [0.1, 0.15) is 6.10 Å². The summed E-state index contributed by atoms with van der Waals surface area (Å²) in [5, 5.41) is 3.10. The van der Waals surface area contributed by atoms with Gasteiger partial charge in [-0.2, -0.15) is 0 Å². The first-order valence-corrected chi connectivity index (χ1v) is 11.2. The lowest BCUT2D eigenvalue weighted by Gasteiger charge is -2.30. The van der Waals surface area contributed by atoms with E-state index in [1.54, 1.807) is 12.4 Å². The van der Waals surface area contributed by atoms with Crippen molar-refractivity contribution in [3.8, 4) is 11.1 Å². The van der Waals surface area contributed by atoms with Crippen LogP contribution in [-0.4, -0.2) is 53.5 Å². The molecule has 4 rings (SSSR count). The first-order chi connectivity index (χ1) is 15.0. The summed E-state index contributed by atoms with van der Waals surface area (Å²) < 4.78 is 5.61. The average molecular weight is 422 g/mol. The summed E-state index contributed by atoms with van der Waals surface area (Å²) >= 11 is 0. The van der Waals surface area contributed by atoms with Crippen LogP contribution in [-0.2, 0) is 20.7 Å². The molecule has 2 aromatic rings. The number of aromatic nitrogens is 1. The van der Waals surface area contributed by atoms with Crippen molar-refractivity contribution in [3.63, 3.8) is 0 Å². The zero-order chi connectivity index (χ0) is 21.8. The van der Waals surface area contributed by atoms with E-state index in [1.165, 1.54) is 0 Å². The van der Waals surface area contributed by atoms with Crippen LogP contribution in [0.3, 0.4) is 0 Å². The molecule has 164 valence electrons. The minimum absolute atomic E-state index is 0.0273. The van der Waals surface area contributed by atoms with E-state index in [9.17, 15) is 9.59 Å². The van der Waals surface area contributed by atoms with E-state index >= 15 is 0 Å². The molecule has 0 radical (unpaired) electrons. The Hall–Kier alpha value is -2.73. The Morgan fingerprint density at radius 1 is 1.23 bits per heavy atom. The van der Waals surface area contributed by atoms with Crippen LogP contribution in [0.25, 0.3) is 11.1 Å². The summed E-state index contributed by atoms with van der Waals surface area (Å²) in [6.07, 6.45) is 6.16. The van der Waals surface area contributed by atoms with Crippen molar-refractivity contribution in [1.82, 2.24) is 15.2 Å². The quantitative estimate of drug-likeness (QED) is 0.778. The molecular weight excluding hydrogens is 390 g/mol. The van der Waals surface area contributed by atoms with Crippen molar-refractivity contribution in [2.75, 3.05) is 19.7 Å². The van der Waals surface area contributed by atoms with Gasteiger partial charge in [0.25, 0.3) is 5.91 Å². The maximum absolute atomic E-state index is 13.3. The zero-order valence-electron chi connectivity index (χ0n) is 18.3. The van der Waals surface area contributed by atoms with Crippen LogP contribution in [0.1, 0.15) is 38.7 Å². The third-order valence-corrected chi connectivity index (χ3v) is 6.26. The van der Waals surface area contributed by atoms with Crippen LogP contribution >= 0.6 is 0 Å². The number of hydrogen-bond acceptors (Lipinski definition) is 4. The van der Waals surface area contributed by atoms with Gasteiger partial charge in [0.2, 0.25) is 5.91 Å². The normalized spacial score (nSPS) is 23.3. The molecule has 0 aliphatic carbocycles. The van der Waals surface area contributed by atoms with Gasteiger partial charge in [-0.1, -0.05) is 24.3 Å². The van der Waals surface area contributed by atoms with Crippen LogP contribution in [0.4, 0.5) is 0 Å². The third kappa shape index (κ3) is 4.79. The smallest absolute Gasteiger partial charge is 0.251 e. The Balaban J connectivity index is 1.58. The Labute approximate surface area is 184 Å². The average Bonchev–Trinajstić information content (AvgIpc) is 3.45. The first-order valence-electron chi connectivity index (χ1n) is 11.2. The van der Waals surface area contributed by atoms with Gasteiger partial charge in [-0.15, -0.1) is 0 Å². The topological polar surface area (TPSA) is 71.5 Å². The van der Waals surface area contributed by atoms with Gasteiger partial charge >= 0.3 is 0 Å². The standard InChI is InChI=1S/C25H31N3O3/c1-18(2)27-24(30)25(10-13-28(17-25)23(29)22-7-4-14-31-22)16-19-5-3-6-21(15-19)20-8-11-26-12-9-20/h3,5-6,8-9,11-12,15,18,22H,4,7,10,13-14,16-17H2,1-2H3,(H,27,30). The molecule has 31 heavy (non-hydrogen) atoms. The lowest BCUT2D eigenvalue weighted by Crippen LogP contribution is -2.48. The van der Waals surface area contributed by atoms with Gasteiger partial charge in [-0.05, 0) is 68.4 Å². The summed E-state index contributed by atoms with van der Waals surface area (Å²) in [7, 11) is 0. The Kier molecular flexibility index (Phi) is 6.37. The molecule has 3 heterocycles. The second-order valence-corrected chi connectivity index (χ2v) is 9.03. The van der Waals surface area contributed by atoms with Crippen LogP contribution in [0.15, 0.2) is 48.8 Å². The van der Waals surface area contributed by atoms with Crippen molar-refractivity contribution in [2.45, 2.75) is 51.7 Å². The fourth-order valence-corrected chi connectivity index (χ4v) is 4.66. The van der Waals surface area contributed by atoms with Gasteiger partial charge in [-0.25, -0.2) is 0 Å². The number of hydrogen-bond donors (Lipinski definition) is 1. The SMILES string of the molecule is CC(C)NC(=O)C1(Cc2cccc(-c3ccncc3)c2)CCN(C(=O)C2CCCO2)C1. The molecule has 2 amide bonds. The van der Waals surface area contributed by atoms with E-state index in [0.29, 0.717) is 32.5 Å². The van der Waals surface area contributed by atoms with Crippen LogP contribution in [0.5, 0.6) is 0 Å². The molecule has 2 aliphatic rings. The van der Waals surface area contributed by atoms with E-state index < -0.39 is 5.41 Å². The molecule has 2 atom stereocenters. The number of rotatable bonds is 6. The van der Waals surface area contributed by atoms with Gasteiger partial charge < -0.3 is 15.0 Å². The molecule has 1 aromatic carbocycles. The summed E-state index contributed by atoms with van der Waals surface area (Å²) in [5.41, 5.74) is 2.67. The predicted molar refractivity (Wildman–Crippen MR) is 119 cm³/mol. The maximum atomic E-state index is 13.3. The third-order valence-electron chi connectivity index (χ3n) is 6.26. The Bertz CT molecular complexity index is 925. The van der Waals surface area contributed by atoms with E-state index in [4.69, 9.17) is 4.74 Å². The van der Waals surface area contributed by atoms with Crippen molar-refractivity contribution in [1.29, 1.82) is 0 Å². The highest BCUT2D eigenvalue weighted by atomic mass is 16.5. The lowest BCUT2D eigenvalue weighted by molar-refractivity contribution is -0.141. The Morgan fingerprint density at radius 2 is 2.03 bits per heavy atom. The fourth-order valence-electron chi connectivity index (χ4n) is 4.66. The molecule has 2 fully saturated rings. The second-order valence-electron chi connectivity index (χ2n) is 9.03. The summed E-state index contributed by atoms with van der Waals surface area (Å²) in [6, 6.07) is 12.3. The number of ether oxygens (including phenoxy) is 1. The van der Waals surface area contributed by atoms with Gasteiger partial charge in [0, 0.05) is 38.1 Å². The predicted octanol–water partition coefficient (Wildman–Crippen LogP) is 3.21. The molecule has 2 aliphatic heterocycles. The molecule has 0 saturated carbocycles. The molecule has 2 unspecified atom stereocenters. The second kappa shape index (κ2) is 9.18. The van der Waals surface area contributed by atoms with E-state index in [1.807, 2.05) is 36.9 Å². The Morgan fingerprint density at radius 3 is 2.74 bits per heavy atom. The molecule has 0 bridgehead atoms. The van der Waals surface area contributed by atoms with Crippen LogP contribution in [0.2, 0.25) is 0 Å². The molecule has 1 aromatic heterocycles.